The maximum Gasteiger partial charge on any atom is 0.155 e. The Balaban J connectivity index is 2.04. The number of aromatic nitrogens is 4. The summed E-state index contributed by atoms with van der Waals surface area (Å²) in [5, 5.41) is 38.6. The number of anilines is 1. The number of fused-ring (bicyclic) bond motifs is 1. The maximum absolute atomic E-state index is 10.0. The first kappa shape index (κ1) is 12.2. The van der Waals surface area contributed by atoms with Crippen molar-refractivity contribution in [2.45, 2.75) is 24.3 Å². The molecule has 0 aliphatic carbocycles. The van der Waals surface area contributed by atoms with Gasteiger partial charge >= 0.3 is 0 Å². The fraction of sp³-hybridized carbons (Fsp3) is 0.500. The van der Waals surface area contributed by atoms with Gasteiger partial charge in [-0.2, -0.15) is 5.10 Å². The van der Waals surface area contributed by atoms with Gasteiger partial charge < -0.3 is 21.1 Å². The van der Waals surface area contributed by atoms with Gasteiger partial charge in [0.25, 0.3) is 0 Å². The molecule has 1 aliphatic heterocycles. The van der Waals surface area contributed by atoms with Gasteiger partial charge in [0.2, 0.25) is 0 Å². The molecule has 0 spiro atoms. The van der Waals surface area contributed by atoms with Crippen molar-refractivity contribution in [3.05, 3.63) is 12.0 Å². The van der Waals surface area contributed by atoms with E-state index in [9.17, 15) is 10.2 Å². The van der Waals surface area contributed by atoms with Crippen LogP contribution in [0.5, 0.6) is 0 Å². The molecule has 7 N–H and O–H groups in total. The van der Waals surface area contributed by atoms with Crippen molar-refractivity contribution in [1.82, 2.24) is 25.5 Å². The molecular formula is C10H14N6O3. The zero-order valence-corrected chi connectivity index (χ0v) is 9.85. The normalized spacial score (nSPS) is 31.1. The van der Waals surface area contributed by atoms with Crippen LogP contribution in [0.25, 0.3) is 11.0 Å². The number of hydrogen-bond acceptors (Lipinski definition) is 8. The molecule has 9 heteroatoms. The molecule has 1 aliphatic rings. The average Bonchev–Trinajstić information content (AvgIpc) is 2.94. The summed E-state index contributed by atoms with van der Waals surface area (Å²) < 4.78 is 0. The molecule has 3 rings (SSSR count). The second-order valence-corrected chi connectivity index (χ2v) is 4.51. The Kier molecular flexibility index (Phi) is 2.82. The summed E-state index contributed by atoms with van der Waals surface area (Å²) in [7, 11) is 0. The van der Waals surface area contributed by atoms with E-state index in [2.05, 4.69) is 25.5 Å². The highest BCUT2D eigenvalue weighted by Crippen LogP contribution is 2.30. The smallest absolute Gasteiger partial charge is 0.155 e. The van der Waals surface area contributed by atoms with Crippen LogP contribution >= 0.6 is 0 Å². The van der Waals surface area contributed by atoms with Crippen molar-refractivity contribution >= 4 is 16.9 Å². The largest absolute Gasteiger partial charge is 0.395 e. The molecule has 1 unspecified atom stereocenters. The molecule has 0 saturated carbocycles. The number of rotatable bonds is 2. The predicted octanol–water partition coefficient (Wildman–Crippen LogP) is -2.34. The number of nitrogens with one attached hydrogen (secondary N) is 2. The third-order valence-electron chi connectivity index (χ3n) is 3.40. The molecule has 0 bridgehead atoms. The molecule has 2 aromatic rings. The lowest BCUT2D eigenvalue weighted by Crippen LogP contribution is -2.35. The number of nitrogens with zero attached hydrogens (tertiary/aromatic N) is 3. The Labute approximate surface area is 107 Å². The van der Waals surface area contributed by atoms with Gasteiger partial charge in [-0.3, -0.25) is 10.4 Å². The van der Waals surface area contributed by atoms with Crippen molar-refractivity contribution in [1.29, 1.82) is 0 Å². The lowest BCUT2D eigenvalue weighted by molar-refractivity contribution is 0.0191. The van der Waals surface area contributed by atoms with Crippen molar-refractivity contribution < 1.29 is 15.3 Å². The Morgan fingerprint density at radius 2 is 2.00 bits per heavy atom. The van der Waals surface area contributed by atoms with Crippen LogP contribution in [0.15, 0.2) is 6.33 Å². The highest BCUT2D eigenvalue weighted by atomic mass is 16.3. The minimum atomic E-state index is -1.07. The third-order valence-corrected chi connectivity index (χ3v) is 3.40. The molecule has 4 atom stereocenters. The average molecular weight is 266 g/mol. The van der Waals surface area contributed by atoms with E-state index in [4.69, 9.17) is 10.8 Å². The number of aliphatic hydroxyl groups excluding tert-OH is 3. The Bertz CT molecular complexity index is 602. The maximum atomic E-state index is 10.0. The summed E-state index contributed by atoms with van der Waals surface area (Å²) in [6, 6.07) is -1.20. The van der Waals surface area contributed by atoms with Crippen molar-refractivity contribution in [2.75, 3.05) is 12.3 Å². The first-order chi connectivity index (χ1) is 9.13. The number of H-pyrrole nitrogens is 1. The third kappa shape index (κ3) is 1.75. The van der Waals surface area contributed by atoms with Gasteiger partial charge in [-0.25, -0.2) is 9.97 Å². The van der Waals surface area contributed by atoms with Crippen LogP contribution in [0, 0.1) is 0 Å². The molecule has 102 valence electrons. The molecule has 0 radical (unpaired) electrons. The second-order valence-electron chi connectivity index (χ2n) is 4.51. The lowest BCUT2D eigenvalue weighted by atomic mass is 10.1. The first-order valence-electron chi connectivity index (χ1n) is 5.81. The standard InChI is InChI=1S/C10H14N6O3/c11-10-7-4(12-2-13-10)5(15-16-7)6-9(19)8(18)3(1-17)14-6/h2-3,6,8-9,14,17-19H,1H2,(H,15,16)(H2,11,12,13)/t3-,6?,8+,9-/m1/s1. The van der Waals surface area contributed by atoms with Crippen LogP contribution in [0.2, 0.25) is 0 Å². The molecule has 0 aromatic carbocycles. The quantitative estimate of drug-likeness (QED) is 0.353. The summed E-state index contributed by atoms with van der Waals surface area (Å²) in [4.78, 5) is 7.90. The molecule has 9 nitrogen and oxygen atoms in total. The number of aliphatic hydroxyl groups is 3. The molecule has 3 heterocycles. The molecule has 1 saturated heterocycles. The second kappa shape index (κ2) is 4.38. The van der Waals surface area contributed by atoms with E-state index in [1.54, 1.807) is 0 Å². The van der Waals surface area contributed by atoms with E-state index in [0.29, 0.717) is 16.7 Å². The van der Waals surface area contributed by atoms with Crippen LogP contribution in [-0.2, 0) is 0 Å². The van der Waals surface area contributed by atoms with E-state index in [1.807, 2.05) is 0 Å². The summed E-state index contributed by atoms with van der Waals surface area (Å²) in [6.45, 7) is -0.280. The number of aromatic amines is 1. The van der Waals surface area contributed by atoms with E-state index in [-0.39, 0.29) is 12.4 Å². The van der Waals surface area contributed by atoms with Gasteiger partial charge in [-0.05, 0) is 0 Å². The lowest BCUT2D eigenvalue weighted by Gasteiger charge is -2.14. The van der Waals surface area contributed by atoms with Gasteiger partial charge in [-0.1, -0.05) is 0 Å². The van der Waals surface area contributed by atoms with Crippen LogP contribution in [-0.4, -0.2) is 60.3 Å². The Morgan fingerprint density at radius 3 is 2.68 bits per heavy atom. The minimum Gasteiger partial charge on any atom is -0.395 e. The van der Waals surface area contributed by atoms with E-state index in [0.717, 1.165) is 0 Å². The summed E-state index contributed by atoms with van der Waals surface area (Å²) >= 11 is 0. The monoisotopic (exact) mass is 266 g/mol. The molecule has 1 fully saturated rings. The number of hydrogen-bond donors (Lipinski definition) is 6. The highest BCUT2D eigenvalue weighted by molar-refractivity contribution is 5.85. The number of nitrogen functional groups attached to an aromatic ring is 1. The zero-order chi connectivity index (χ0) is 13.6. The minimum absolute atomic E-state index is 0.235. The summed E-state index contributed by atoms with van der Waals surface area (Å²) in [5.74, 6) is 0.235. The summed E-state index contributed by atoms with van der Waals surface area (Å²) in [6.07, 6.45) is -0.831. The van der Waals surface area contributed by atoms with Gasteiger partial charge in [0, 0.05) is 0 Å². The molecule has 19 heavy (non-hydrogen) atoms. The van der Waals surface area contributed by atoms with E-state index < -0.39 is 24.3 Å². The first-order valence-corrected chi connectivity index (χ1v) is 5.81. The zero-order valence-electron chi connectivity index (χ0n) is 9.85. The molecular weight excluding hydrogens is 252 g/mol. The fourth-order valence-electron chi connectivity index (χ4n) is 2.36. The van der Waals surface area contributed by atoms with Crippen molar-refractivity contribution in [2.24, 2.45) is 0 Å². The Morgan fingerprint density at radius 1 is 1.21 bits per heavy atom. The van der Waals surface area contributed by atoms with Gasteiger partial charge in [0.15, 0.2) is 11.3 Å². The topological polar surface area (TPSA) is 153 Å². The van der Waals surface area contributed by atoms with Crippen LogP contribution < -0.4 is 11.1 Å². The van der Waals surface area contributed by atoms with Crippen molar-refractivity contribution in [3.8, 4) is 0 Å². The highest BCUT2D eigenvalue weighted by Gasteiger charge is 2.43. The summed E-state index contributed by atoms with van der Waals surface area (Å²) in [5.41, 5.74) is 7.08. The van der Waals surface area contributed by atoms with Crippen molar-refractivity contribution in [3.63, 3.8) is 0 Å². The van der Waals surface area contributed by atoms with Crippen LogP contribution in [0.4, 0.5) is 5.82 Å². The van der Waals surface area contributed by atoms with Crippen LogP contribution in [0.1, 0.15) is 11.7 Å². The molecule has 2 aromatic heterocycles. The van der Waals surface area contributed by atoms with Crippen LogP contribution in [0.3, 0.4) is 0 Å². The Hall–Kier alpha value is -1.81. The van der Waals surface area contributed by atoms with Gasteiger partial charge in [0.1, 0.15) is 17.9 Å². The van der Waals surface area contributed by atoms with Gasteiger partial charge in [0.05, 0.1) is 30.5 Å². The van der Waals surface area contributed by atoms with E-state index in [1.165, 1.54) is 6.33 Å². The molecule has 0 amide bonds. The number of nitrogens with two attached hydrogens (primary N) is 1. The van der Waals surface area contributed by atoms with E-state index >= 15 is 0 Å². The fourth-order valence-corrected chi connectivity index (χ4v) is 2.36. The van der Waals surface area contributed by atoms with Gasteiger partial charge in [-0.15, -0.1) is 0 Å². The predicted molar refractivity (Wildman–Crippen MR) is 64.9 cm³/mol. The SMILES string of the molecule is Nc1ncnc2c(C3N[C@H](CO)[C@H](O)[C@@H]3O)[nH]nc12.